The topological polar surface area (TPSA) is 64.1 Å². The van der Waals surface area contributed by atoms with Crippen molar-refractivity contribution < 1.29 is 4.74 Å². The molecule has 1 aromatic carbocycles. The van der Waals surface area contributed by atoms with Crippen molar-refractivity contribution in [3.63, 3.8) is 0 Å². The molecule has 0 bridgehead atoms. The minimum atomic E-state index is -0.538. The Morgan fingerprint density at radius 1 is 1.38 bits per heavy atom. The van der Waals surface area contributed by atoms with Gasteiger partial charge < -0.3 is 4.74 Å². The number of nitrogens with zero attached hydrogens (tertiary/aromatic N) is 1. The second-order valence-corrected chi connectivity index (χ2v) is 5.58. The quantitative estimate of drug-likeness (QED) is 0.647. The van der Waals surface area contributed by atoms with Crippen molar-refractivity contribution in [2.24, 2.45) is 0 Å². The highest BCUT2D eigenvalue weighted by Gasteiger charge is 2.14. The first-order valence-corrected chi connectivity index (χ1v) is 7.58. The summed E-state index contributed by atoms with van der Waals surface area (Å²) in [5.41, 5.74) is -0.0557. The third kappa shape index (κ3) is 3.64. The molecule has 2 rings (SSSR count). The van der Waals surface area contributed by atoms with Crippen LogP contribution in [0.3, 0.4) is 0 Å². The lowest BCUT2D eigenvalue weighted by atomic mass is 10.1. The molecule has 0 spiro atoms. The molecule has 0 saturated heterocycles. The van der Waals surface area contributed by atoms with Crippen LogP contribution in [0.25, 0.3) is 11.1 Å². The molecule has 0 aliphatic rings. The van der Waals surface area contributed by atoms with Gasteiger partial charge in [0.15, 0.2) is 0 Å². The van der Waals surface area contributed by atoms with Crippen LogP contribution in [0.4, 0.5) is 0 Å². The molecule has 0 saturated carbocycles. The normalized spacial score (nSPS) is 10.8. The largest absolute Gasteiger partial charge is 0.380 e. The van der Waals surface area contributed by atoms with E-state index in [4.69, 9.17) is 16.3 Å². The van der Waals surface area contributed by atoms with Crippen LogP contribution in [-0.2, 0) is 11.3 Å². The van der Waals surface area contributed by atoms with Crippen molar-refractivity contribution >= 4 is 27.5 Å². The molecule has 112 valence electrons. The summed E-state index contributed by atoms with van der Waals surface area (Å²) in [6, 6.07) is 7.17. The maximum Gasteiger partial charge on any atom is 0.329 e. The van der Waals surface area contributed by atoms with Crippen LogP contribution in [0.5, 0.6) is 0 Å². The summed E-state index contributed by atoms with van der Waals surface area (Å²) < 4.78 is 7.11. The molecule has 0 fully saturated rings. The minimum absolute atomic E-state index is 0.0377. The summed E-state index contributed by atoms with van der Waals surface area (Å²) in [4.78, 5) is 26.9. The molecule has 2 aromatic rings. The fourth-order valence-corrected chi connectivity index (χ4v) is 2.61. The van der Waals surface area contributed by atoms with E-state index in [2.05, 4.69) is 20.9 Å². The zero-order valence-corrected chi connectivity index (χ0v) is 13.7. The number of halogens is 2. The Kier molecular flexibility index (Phi) is 5.39. The number of H-pyrrole nitrogens is 1. The predicted molar refractivity (Wildman–Crippen MR) is 86.0 cm³/mol. The monoisotopic (exact) mass is 372 g/mol. The number of ether oxygens (including phenoxy) is 1. The Balaban J connectivity index is 2.54. The predicted octanol–water partition coefficient (Wildman–Crippen LogP) is 2.66. The molecular formula is C14H14BrClN2O3. The van der Waals surface area contributed by atoms with E-state index in [-0.39, 0.29) is 17.3 Å². The maximum absolute atomic E-state index is 12.5. The van der Waals surface area contributed by atoms with Gasteiger partial charge in [-0.05, 0) is 24.6 Å². The number of aromatic nitrogens is 2. The lowest BCUT2D eigenvalue weighted by molar-refractivity contribution is 0.137. The molecule has 0 aliphatic heterocycles. The number of hydrogen-bond donors (Lipinski definition) is 1. The molecular weight excluding hydrogens is 360 g/mol. The van der Waals surface area contributed by atoms with Gasteiger partial charge in [-0.1, -0.05) is 39.7 Å². The molecule has 7 heteroatoms. The molecule has 1 N–H and O–H groups in total. The SMILES string of the molecule is CCOCCn1c(=O)[nH]c(Cl)c(-c2cccc(Br)c2)c1=O. The van der Waals surface area contributed by atoms with Gasteiger partial charge in [-0.3, -0.25) is 14.3 Å². The molecule has 0 aliphatic carbocycles. The van der Waals surface area contributed by atoms with E-state index in [1.54, 1.807) is 18.2 Å². The Bertz CT molecular complexity index is 755. The van der Waals surface area contributed by atoms with E-state index in [1.807, 2.05) is 13.0 Å². The summed E-state index contributed by atoms with van der Waals surface area (Å²) in [7, 11) is 0. The van der Waals surface area contributed by atoms with Crippen molar-refractivity contribution in [1.82, 2.24) is 9.55 Å². The van der Waals surface area contributed by atoms with Crippen LogP contribution < -0.4 is 11.2 Å². The highest BCUT2D eigenvalue weighted by Crippen LogP contribution is 2.24. The zero-order chi connectivity index (χ0) is 15.4. The standard InChI is InChI=1S/C14H14BrClN2O3/c1-2-21-7-6-18-13(19)11(12(16)17-14(18)20)9-4-3-5-10(15)8-9/h3-5,8H,2,6-7H2,1H3,(H,17,20). The number of benzene rings is 1. The highest BCUT2D eigenvalue weighted by molar-refractivity contribution is 9.10. The zero-order valence-electron chi connectivity index (χ0n) is 11.4. The molecule has 0 amide bonds. The van der Waals surface area contributed by atoms with Crippen LogP contribution in [0.1, 0.15) is 6.92 Å². The number of nitrogens with one attached hydrogen (secondary N) is 1. The summed E-state index contributed by atoms with van der Waals surface area (Å²) in [6.07, 6.45) is 0. The Labute approximate surface area is 134 Å². The van der Waals surface area contributed by atoms with E-state index in [0.29, 0.717) is 18.8 Å². The third-order valence-corrected chi connectivity index (χ3v) is 3.69. The molecule has 0 atom stereocenters. The van der Waals surface area contributed by atoms with Crippen LogP contribution in [0.2, 0.25) is 5.15 Å². The van der Waals surface area contributed by atoms with Crippen molar-refractivity contribution in [3.05, 3.63) is 54.7 Å². The van der Waals surface area contributed by atoms with Gasteiger partial charge in [-0.15, -0.1) is 0 Å². The fraction of sp³-hybridized carbons (Fsp3) is 0.286. The van der Waals surface area contributed by atoms with E-state index in [0.717, 1.165) is 9.04 Å². The molecule has 0 radical (unpaired) electrons. The van der Waals surface area contributed by atoms with E-state index in [9.17, 15) is 9.59 Å². The fourth-order valence-electron chi connectivity index (χ4n) is 1.94. The number of aromatic amines is 1. The average Bonchev–Trinajstić information content (AvgIpc) is 2.42. The van der Waals surface area contributed by atoms with Gasteiger partial charge in [-0.25, -0.2) is 4.79 Å². The Morgan fingerprint density at radius 2 is 2.14 bits per heavy atom. The molecule has 0 unspecified atom stereocenters. The van der Waals surface area contributed by atoms with Crippen LogP contribution in [0.15, 0.2) is 38.3 Å². The van der Waals surface area contributed by atoms with Gasteiger partial charge in [0.25, 0.3) is 5.56 Å². The smallest absolute Gasteiger partial charge is 0.329 e. The van der Waals surface area contributed by atoms with Crippen LogP contribution in [-0.4, -0.2) is 22.8 Å². The van der Waals surface area contributed by atoms with Gasteiger partial charge in [-0.2, -0.15) is 0 Å². The Morgan fingerprint density at radius 3 is 2.81 bits per heavy atom. The van der Waals surface area contributed by atoms with Gasteiger partial charge >= 0.3 is 5.69 Å². The van der Waals surface area contributed by atoms with Crippen molar-refractivity contribution in [1.29, 1.82) is 0 Å². The summed E-state index contributed by atoms with van der Waals surface area (Å²) in [5, 5.41) is 0.0377. The first-order valence-electron chi connectivity index (χ1n) is 6.41. The first-order chi connectivity index (χ1) is 10.0. The lowest BCUT2D eigenvalue weighted by Gasteiger charge is -2.09. The second kappa shape index (κ2) is 7.06. The number of rotatable bonds is 5. The van der Waals surface area contributed by atoms with Gasteiger partial charge in [0.05, 0.1) is 18.7 Å². The van der Waals surface area contributed by atoms with Crippen molar-refractivity contribution in [2.45, 2.75) is 13.5 Å². The van der Waals surface area contributed by atoms with Crippen molar-refractivity contribution in [3.8, 4) is 11.1 Å². The molecule has 5 nitrogen and oxygen atoms in total. The summed E-state index contributed by atoms with van der Waals surface area (Å²) in [6.45, 7) is 2.85. The summed E-state index contributed by atoms with van der Waals surface area (Å²) >= 11 is 9.39. The van der Waals surface area contributed by atoms with Crippen LogP contribution in [0, 0.1) is 0 Å². The maximum atomic E-state index is 12.5. The average molecular weight is 374 g/mol. The molecule has 21 heavy (non-hydrogen) atoms. The van der Waals surface area contributed by atoms with Crippen molar-refractivity contribution in [2.75, 3.05) is 13.2 Å². The number of hydrogen-bond acceptors (Lipinski definition) is 3. The van der Waals surface area contributed by atoms with Gasteiger partial charge in [0.2, 0.25) is 0 Å². The second-order valence-electron chi connectivity index (χ2n) is 4.28. The van der Waals surface area contributed by atoms with Gasteiger partial charge in [0, 0.05) is 11.1 Å². The van der Waals surface area contributed by atoms with Crippen LogP contribution >= 0.6 is 27.5 Å². The third-order valence-electron chi connectivity index (χ3n) is 2.92. The minimum Gasteiger partial charge on any atom is -0.380 e. The van der Waals surface area contributed by atoms with E-state index in [1.165, 1.54) is 0 Å². The highest BCUT2D eigenvalue weighted by atomic mass is 79.9. The van der Waals surface area contributed by atoms with E-state index < -0.39 is 11.2 Å². The summed E-state index contributed by atoms with van der Waals surface area (Å²) in [5.74, 6) is 0. The Hall–Kier alpha value is -1.37. The van der Waals surface area contributed by atoms with E-state index >= 15 is 0 Å². The molecule has 1 heterocycles. The lowest BCUT2D eigenvalue weighted by Crippen LogP contribution is -2.37. The molecule has 1 aromatic heterocycles. The first kappa shape index (κ1) is 16.0. The van der Waals surface area contributed by atoms with Gasteiger partial charge in [0.1, 0.15) is 5.15 Å².